The minimum absolute atomic E-state index is 0.320. The minimum Gasteiger partial charge on any atom is -0.349 e. The second-order valence-corrected chi connectivity index (χ2v) is 6.11. The van der Waals surface area contributed by atoms with E-state index in [9.17, 15) is 4.79 Å². The quantitative estimate of drug-likeness (QED) is 0.507. The third-order valence-corrected chi connectivity index (χ3v) is 4.22. The molecule has 25 heavy (non-hydrogen) atoms. The van der Waals surface area contributed by atoms with Crippen LogP contribution in [0.4, 0.5) is 5.69 Å². The van der Waals surface area contributed by atoms with Crippen LogP contribution in [-0.4, -0.2) is 31.5 Å². The molecule has 0 saturated heterocycles. The summed E-state index contributed by atoms with van der Waals surface area (Å²) in [6, 6.07) is 12.2. The summed E-state index contributed by atoms with van der Waals surface area (Å²) in [7, 11) is 0. The summed E-state index contributed by atoms with van der Waals surface area (Å²) in [5.74, 6) is 0.0109. The normalized spacial score (nSPS) is 11.0. The van der Waals surface area contributed by atoms with Gasteiger partial charge in [0.2, 0.25) is 5.82 Å². The molecule has 0 fully saturated rings. The Kier molecular flexibility index (Phi) is 3.87. The third-order valence-electron chi connectivity index (χ3n) is 3.67. The number of rotatable bonds is 3. The molecule has 0 aliphatic carbocycles. The lowest BCUT2D eigenvalue weighted by atomic mass is 10.1. The van der Waals surface area contributed by atoms with Gasteiger partial charge in [0.05, 0.1) is 16.2 Å². The van der Waals surface area contributed by atoms with Crippen molar-refractivity contribution in [1.82, 2.24) is 25.6 Å². The average Bonchev–Trinajstić information content (AvgIpc) is 3.26. The first kappa shape index (κ1) is 15.6. The van der Waals surface area contributed by atoms with Crippen LogP contribution in [0.25, 0.3) is 22.3 Å². The summed E-state index contributed by atoms with van der Waals surface area (Å²) in [6.07, 6.45) is 0. The van der Waals surface area contributed by atoms with E-state index in [1.807, 2.05) is 12.1 Å². The maximum Gasteiger partial charge on any atom is 0.272 e. The number of carbonyl (C=O) groups excluding carboxylic acids is 1. The van der Waals surface area contributed by atoms with Gasteiger partial charge in [-0.05, 0) is 35.5 Å². The number of H-pyrrole nitrogens is 2. The molecule has 0 aliphatic heterocycles. The van der Waals surface area contributed by atoms with E-state index in [4.69, 9.17) is 23.2 Å². The number of benzene rings is 2. The smallest absolute Gasteiger partial charge is 0.272 e. The number of anilines is 1. The van der Waals surface area contributed by atoms with Crippen LogP contribution in [0.1, 0.15) is 10.5 Å². The number of nitrogens with zero attached hydrogens (tertiary/aromatic N) is 3. The van der Waals surface area contributed by atoms with Crippen molar-refractivity contribution in [2.24, 2.45) is 0 Å². The topological polar surface area (TPSA) is 99.3 Å². The number of fused-ring (bicyclic) bond motifs is 1. The van der Waals surface area contributed by atoms with Crippen molar-refractivity contribution in [2.75, 3.05) is 5.32 Å². The molecule has 124 valence electrons. The maximum absolute atomic E-state index is 12.6. The lowest BCUT2D eigenvalue weighted by Gasteiger charge is -2.08. The highest BCUT2D eigenvalue weighted by Crippen LogP contribution is 2.29. The van der Waals surface area contributed by atoms with E-state index >= 15 is 0 Å². The number of para-hydroxylation sites is 1. The number of hydrogen-bond acceptors (Lipinski definition) is 4. The van der Waals surface area contributed by atoms with E-state index in [0.29, 0.717) is 38.3 Å². The van der Waals surface area contributed by atoms with Gasteiger partial charge in [-0.15, -0.1) is 10.2 Å². The fourth-order valence-corrected chi connectivity index (χ4v) is 2.92. The zero-order chi connectivity index (χ0) is 17.4. The fourth-order valence-electron chi connectivity index (χ4n) is 2.52. The Morgan fingerprint density at radius 2 is 2.00 bits per heavy atom. The van der Waals surface area contributed by atoms with Gasteiger partial charge in [-0.3, -0.25) is 4.79 Å². The fraction of sp³-hybridized carbons (Fsp3) is 0. The average molecular weight is 373 g/mol. The van der Waals surface area contributed by atoms with E-state index < -0.39 is 0 Å². The molecular formula is C16H10Cl2N6O. The summed E-state index contributed by atoms with van der Waals surface area (Å²) in [4.78, 5) is 15.6. The van der Waals surface area contributed by atoms with Crippen LogP contribution in [0, 0.1) is 0 Å². The zero-order valence-electron chi connectivity index (χ0n) is 12.5. The van der Waals surface area contributed by atoms with Crippen LogP contribution >= 0.6 is 23.2 Å². The highest BCUT2D eigenvalue weighted by molar-refractivity contribution is 6.35. The summed E-state index contributed by atoms with van der Waals surface area (Å²) in [5.41, 5.74) is 2.17. The molecule has 0 saturated carbocycles. The molecule has 0 radical (unpaired) electrons. The van der Waals surface area contributed by atoms with E-state index in [-0.39, 0.29) is 5.91 Å². The second kappa shape index (κ2) is 6.19. The van der Waals surface area contributed by atoms with Crippen molar-refractivity contribution in [1.29, 1.82) is 0 Å². The van der Waals surface area contributed by atoms with Crippen molar-refractivity contribution in [3.05, 3.63) is 58.2 Å². The maximum atomic E-state index is 12.6. The zero-order valence-corrected chi connectivity index (χ0v) is 14.1. The summed E-state index contributed by atoms with van der Waals surface area (Å²) in [6.45, 7) is 0. The molecular weight excluding hydrogens is 363 g/mol. The number of tetrazole rings is 1. The van der Waals surface area contributed by atoms with Crippen LogP contribution in [0.5, 0.6) is 0 Å². The van der Waals surface area contributed by atoms with Crippen LogP contribution in [0.2, 0.25) is 10.0 Å². The molecule has 0 bridgehead atoms. The van der Waals surface area contributed by atoms with Gasteiger partial charge in [0, 0.05) is 16.0 Å². The Morgan fingerprint density at radius 3 is 2.76 bits per heavy atom. The summed E-state index contributed by atoms with van der Waals surface area (Å²) < 4.78 is 0. The largest absolute Gasteiger partial charge is 0.349 e. The van der Waals surface area contributed by atoms with Crippen molar-refractivity contribution >= 4 is 45.7 Å². The highest BCUT2D eigenvalue weighted by atomic mass is 35.5. The van der Waals surface area contributed by atoms with Gasteiger partial charge in [0.15, 0.2) is 0 Å². The van der Waals surface area contributed by atoms with Gasteiger partial charge in [-0.2, -0.15) is 5.21 Å². The Labute approximate surface area is 151 Å². The number of nitrogens with one attached hydrogen (secondary N) is 3. The van der Waals surface area contributed by atoms with Gasteiger partial charge >= 0.3 is 0 Å². The lowest BCUT2D eigenvalue weighted by molar-refractivity contribution is 0.102. The number of halogens is 2. The Hall–Kier alpha value is -2.90. The number of aromatic nitrogens is 5. The monoisotopic (exact) mass is 372 g/mol. The van der Waals surface area contributed by atoms with Gasteiger partial charge < -0.3 is 10.3 Å². The SMILES string of the molecule is O=C(Nc1ccc(Cl)cc1-c1nn[nH]n1)c1cc2cccc(Cl)c2[nH]1. The molecule has 4 aromatic rings. The van der Waals surface area contributed by atoms with Crippen molar-refractivity contribution < 1.29 is 4.79 Å². The standard InChI is InChI=1S/C16H10Cl2N6O/c17-9-4-5-12(10(7-9)15-21-23-24-22-15)20-16(25)13-6-8-2-1-3-11(18)14(8)19-13/h1-7,19H,(H,20,25)(H,21,22,23,24). The number of amides is 1. The summed E-state index contributed by atoms with van der Waals surface area (Å²) >= 11 is 12.2. The molecule has 2 aromatic carbocycles. The second-order valence-electron chi connectivity index (χ2n) is 5.27. The molecule has 0 unspecified atom stereocenters. The first-order valence-electron chi connectivity index (χ1n) is 7.24. The van der Waals surface area contributed by atoms with Crippen molar-refractivity contribution in [3.8, 4) is 11.4 Å². The molecule has 0 atom stereocenters. The molecule has 0 spiro atoms. The van der Waals surface area contributed by atoms with Gasteiger partial charge in [-0.1, -0.05) is 35.3 Å². The highest BCUT2D eigenvalue weighted by Gasteiger charge is 2.16. The molecule has 7 nitrogen and oxygen atoms in total. The Morgan fingerprint density at radius 1 is 1.12 bits per heavy atom. The molecule has 9 heteroatoms. The molecule has 2 aromatic heterocycles. The molecule has 4 rings (SSSR count). The predicted octanol–water partition coefficient (Wildman–Crippen LogP) is 3.91. The van der Waals surface area contributed by atoms with Crippen molar-refractivity contribution in [2.45, 2.75) is 0 Å². The lowest BCUT2D eigenvalue weighted by Crippen LogP contribution is -2.13. The van der Waals surface area contributed by atoms with Gasteiger partial charge in [-0.25, -0.2) is 0 Å². The van der Waals surface area contributed by atoms with Crippen LogP contribution in [0.15, 0.2) is 42.5 Å². The first-order chi connectivity index (χ1) is 12.1. The minimum atomic E-state index is -0.320. The summed E-state index contributed by atoms with van der Waals surface area (Å²) in [5, 5.41) is 18.5. The van der Waals surface area contributed by atoms with E-state index in [2.05, 4.69) is 30.9 Å². The number of hydrogen-bond donors (Lipinski definition) is 3. The Balaban J connectivity index is 1.70. The van der Waals surface area contributed by atoms with E-state index in [1.165, 1.54) is 0 Å². The first-order valence-corrected chi connectivity index (χ1v) is 7.99. The number of aromatic amines is 2. The van der Waals surface area contributed by atoms with Gasteiger partial charge in [0.25, 0.3) is 5.91 Å². The van der Waals surface area contributed by atoms with Gasteiger partial charge in [0.1, 0.15) is 5.69 Å². The molecule has 0 aliphatic rings. The van der Waals surface area contributed by atoms with E-state index in [0.717, 1.165) is 5.39 Å². The molecule has 1 amide bonds. The molecule has 2 heterocycles. The Bertz CT molecular complexity index is 1070. The number of carbonyl (C=O) groups is 1. The van der Waals surface area contributed by atoms with Crippen molar-refractivity contribution in [3.63, 3.8) is 0 Å². The third kappa shape index (κ3) is 2.95. The predicted molar refractivity (Wildman–Crippen MR) is 95.9 cm³/mol. The van der Waals surface area contributed by atoms with E-state index in [1.54, 1.807) is 30.3 Å². The molecule has 3 N–H and O–H groups in total. The van der Waals surface area contributed by atoms with Crippen LogP contribution in [0.3, 0.4) is 0 Å². The van der Waals surface area contributed by atoms with Crippen LogP contribution in [-0.2, 0) is 0 Å². The van der Waals surface area contributed by atoms with Crippen LogP contribution < -0.4 is 5.32 Å².